The molecule has 1 aromatic rings. The van der Waals surface area contributed by atoms with Gasteiger partial charge in [-0.15, -0.1) is 0 Å². The van der Waals surface area contributed by atoms with Gasteiger partial charge in [0.05, 0.1) is 0 Å². The van der Waals surface area contributed by atoms with Crippen molar-refractivity contribution in [3.05, 3.63) is 17.0 Å². The summed E-state index contributed by atoms with van der Waals surface area (Å²) in [4.78, 5) is 10.2. The van der Waals surface area contributed by atoms with Crippen molar-refractivity contribution in [1.29, 1.82) is 0 Å². The largest absolute Gasteiger partial charge is 0.356 e. The van der Waals surface area contributed by atoms with E-state index in [0.717, 1.165) is 5.82 Å². The van der Waals surface area contributed by atoms with E-state index in [-0.39, 0.29) is 0 Å². The average Bonchev–Trinajstić information content (AvgIpc) is 2.28. The molecule has 94 valence electrons. The van der Waals surface area contributed by atoms with E-state index in [0.29, 0.717) is 36.9 Å². The molecule has 1 aromatic heterocycles. The molecule has 0 spiro atoms. The monoisotopic (exact) mass is 261 g/mol. The lowest BCUT2D eigenvalue weighted by Crippen LogP contribution is -2.36. The Hall–Kier alpha value is -0.970. The van der Waals surface area contributed by atoms with Gasteiger partial charge >= 0.3 is 0 Å². The number of aromatic nitrogens is 2. The highest BCUT2D eigenvalue weighted by Crippen LogP contribution is 2.26. The number of hydrogen-bond acceptors (Lipinski definition) is 3. The van der Waals surface area contributed by atoms with Crippen LogP contribution < -0.4 is 4.90 Å². The van der Waals surface area contributed by atoms with Gasteiger partial charge in [0.2, 0.25) is 6.43 Å². The van der Waals surface area contributed by atoms with Crippen LogP contribution in [0.1, 0.15) is 18.7 Å². The highest BCUT2D eigenvalue weighted by Gasteiger charge is 2.26. The maximum atomic E-state index is 12.5. The van der Waals surface area contributed by atoms with E-state index in [2.05, 4.69) is 9.97 Å². The van der Waals surface area contributed by atoms with Crippen LogP contribution in [-0.2, 0) is 0 Å². The van der Waals surface area contributed by atoms with Crippen LogP contribution in [-0.4, -0.2) is 29.5 Å². The van der Waals surface area contributed by atoms with Crippen LogP contribution in [0.2, 0.25) is 5.15 Å². The molecule has 2 heterocycles. The predicted molar refractivity (Wildman–Crippen MR) is 62.7 cm³/mol. The molecule has 1 fully saturated rings. The maximum absolute atomic E-state index is 12.5. The first kappa shape index (κ1) is 12.5. The number of aryl methyl sites for hydroxylation is 1. The molecule has 0 amide bonds. The Morgan fingerprint density at radius 3 is 2.53 bits per heavy atom. The molecule has 1 aliphatic heterocycles. The minimum Gasteiger partial charge on any atom is -0.356 e. The lowest BCUT2D eigenvalue weighted by atomic mass is 9.97. The van der Waals surface area contributed by atoms with Gasteiger partial charge < -0.3 is 4.90 Å². The molecular weight excluding hydrogens is 248 g/mol. The van der Waals surface area contributed by atoms with Crippen LogP contribution in [0, 0.1) is 12.8 Å². The third kappa shape index (κ3) is 3.03. The Bertz CT molecular complexity index is 372. The lowest BCUT2D eigenvalue weighted by Gasteiger charge is -2.32. The molecule has 2 rings (SSSR count). The van der Waals surface area contributed by atoms with Gasteiger partial charge in [0.1, 0.15) is 16.8 Å². The summed E-state index contributed by atoms with van der Waals surface area (Å²) in [5, 5.41) is 0.392. The topological polar surface area (TPSA) is 29.0 Å². The first-order valence-corrected chi connectivity index (χ1v) is 5.98. The van der Waals surface area contributed by atoms with Gasteiger partial charge in [0.15, 0.2) is 0 Å². The second kappa shape index (κ2) is 5.12. The van der Waals surface area contributed by atoms with Gasteiger partial charge in [-0.3, -0.25) is 0 Å². The zero-order valence-electron chi connectivity index (χ0n) is 9.54. The van der Waals surface area contributed by atoms with E-state index in [1.165, 1.54) is 0 Å². The molecule has 6 heteroatoms. The molecule has 0 radical (unpaired) electrons. The van der Waals surface area contributed by atoms with E-state index >= 15 is 0 Å². The van der Waals surface area contributed by atoms with Crippen molar-refractivity contribution in [2.24, 2.45) is 5.92 Å². The first-order chi connectivity index (χ1) is 8.06. The van der Waals surface area contributed by atoms with Crippen molar-refractivity contribution < 1.29 is 8.78 Å². The number of rotatable bonds is 2. The molecule has 0 unspecified atom stereocenters. The fourth-order valence-corrected chi connectivity index (χ4v) is 2.28. The number of halogens is 3. The van der Waals surface area contributed by atoms with E-state index in [9.17, 15) is 8.78 Å². The molecule has 1 saturated heterocycles. The summed E-state index contributed by atoms with van der Waals surface area (Å²) in [5.74, 6) is 0.850. The molecule has 0 aliphatic carbocycles. The summed E-state index contributed by atoms with van der Waals surface area (Å²) in [6.07, 6.45) is -1.22. The average molecular weight is 262 g/mol. The molecule has 0 N–H and O–H groups in total. The molecule has 1 aliphatic rings. The Labute approximate surface area is 104 Å². The van der Waals surface area contributed by atoms with Gasteiger partial charge in [0, 0.05) is 25.1 Å². The van der Waals surface area contributed by atoms with Gasteiger partial charge in [-0.2, -0.15) is 0 Å². The predicted octanol–water partition coefficient (Wildman–Crippen LogP) is 2.92. The van der Waals surface area contributed by atoms with Crippen LogP contribution in [0.25, 0.3) is 0 Å². The summed E-state index contributed by atoms with van der Waals surface area (Å²) >= 11 is 5.85. The van der Waals surface area contributed by atoms with E-state index in [1.54, 1.807) is 13.0 Å². The molecule has 0 aromatic carbocycles. The normalized spacial score (nSPS) is 17.8. The van der Waals surface area contributed by atoms with E-state index < -0.39 is 12.3 Å². The third-order valence-corrected chi connectivity index (χ3v) is 3.21. The van der Waals surface area contributed by atoms with Gasteiger partial charge in [-0.25, -0.2) is 18.7 Å². The Morgan fingerprint density at radius 1 is 1.35 bits per heavy atom. The molecular formula is C11H14ClF2N3. The SMILES string of the molecule is Cc1nc(Cl)cc(N2CCC(C(F)F)CC2)n1. The lowest BCUT2D eigenvalue weighted by molar-refractivity contribution is 0.0635. The van der Waals surface area contributed by atoms with Gasteiger partial charge in [-0.05, 0) is 19.8 Å². The summed E-state index contributed by atoms with van der Waals surface area (Å²) in [6.45, 7) is 2.96. The number of piperidine rings is 1. The van der Waals surface area contributed by atoms with Crippen molar-refractivity contribution >= 4 is 17.4 Å². The summed E-state index contributed by atoms with van der Waals surface area (Å²) in [6, 6.07) is 1.68. The van der Waals surface area contributed by atoms with Crippen LogP contribution in [0.5, 0.6) is 0 Å². The smallest absolute Gasteiger partial charge is 0.241 e. The minimum atomic E-state index is -2.21. The quantitative estimate of drug-likeness (QED) is 0.767. The number of anilines is 1. The maximum Gasteiger partial charge on any atom is 0.241 e. The van der Waals surface area contributed by atoms with Crippen LogP contribution >= 0.6 is 11.6 Å². The zero-order valence-corrected chi connectivity index (χ0v) is 10.3. The number of alkyl halides is 2. The first-order valence-electron chi connectivity index (χ1n) is 5.60. The van der Waals surface area contributed by atoms with Crippen molar-refractivity contribution in [1.82, 2.24) is 9.97 Å². The summed E-state index contributed by atoms with van der Waals surface area (Å²) in [5.41, 5.74) is 0. The molecule has 0 atom stereocenters. The van der Waals surface area contributed by atoms with E-state index in [1.807, 2.05) is 4.90 Å². The van der Waals surface area contributed by atoms with E-state index in [4.69, 9.17) is 11.6 Å². The third-order valence-electron chi connectivity index (χ3n) is 3.01. The minimum absolute atomic E-state index is 0.392. The second-order valence-electron chi connectivity index (χ2n) is 4.26. The van der Waals surface area contributed by atoms with Crippen molar-refractivity contribution in [2.45, 2.75) is 26.2 Å². The highest BCUT2D eigenvalue weighted by molar-refractivity contribution is 6.29. The second-order valence-corrected chi connectivity index (χ2v) is 4.64. The summed E-state index contributed by atoms with van der Waals surface area (Å²) < 4.78 is 25.0. The molecule has 0 saturated carbocycles. The van der Waals surface area contributed by atoms with Crippen LogP contribution in [0.3, 0.4) is 0 Å². The number of hydrogen-bond donors (Lipinski definition) is 0. The Morgan fingerprint density at radius 2 is 2.00 bits per heavy atom. The fraction of sp³-hybridized carbons (Fsp3) is 0.636. The van der Waals surface area contributed by atoms with Crippen molar-refractivity contribution in [3.63, 3.8) is 0 Å². The molecule has 17 heavy (non-hydrogen) atoms. The Balaban J connectivity index is 2.05. The fourth-order valence-electron chi connectivity index (χ4n) is 2.06. The van der Waals surface area contributed by atoms with Gasteiger partial charge in [-0.1, -0.05) is 11.6 Å². The standard InChI is InChI=1S/C11H14ClF2N3/c1-7-15-9(12)6-10(16-7)17-4-2-8(3-5-17)11(13)14/h6,8,11H,2-5H2,1H3. The van der Waals surface area contributed by atoms with Crippen LogP contribution in [0.15, 0.2) is 6.07 Å². The number of nitrogens with zero attached hydrogens (tertiary/aromatic N) is 3. The van der Waals surface area contributed by atoms with Gasteiger partial charge in [0.25, 0.3) is 0 Å². The summed E-state index contributed by atoms with van der Waals surface area (Å²) in [7, 11) is 0. The Kier molecular flexibility index (Phi) is 3.76. The zero-order chi connectivity index (χ0) is 12.4. The van der Waals surface area contributed by atoms with Crippen molar-refractivity contribution in [3.8, 4) is 0 Å². The molecule has 3 nitrogen and oxygen atoms in total. The highest BCUT2D eigenvalue weighted by atomic mass is 35.5. The van der Waals surface area contributed by atoms with Crippen molar-refractivity contribution in [2.75, 3.05) is 18.0 Å². The molecule has 0 bridgehead atoms. The van der Waals surface area contributed by atoms with Crippen LogP contribution in [0.4, 0.5) is 14.6 Å².